The van der Waals surface area contributed by atoms with Crippen LogP contribution in [0.1, 0.15) is 16.7 Å². The number of fused-ring (bicyclic) bond motifs is 1. The van der Waals surface area contributed by atoms with Crippen molar-refractivity contribution in [1.29, 1.82) is 0 Å². The van der Waals surface area contributed by atoms with Gasteiger partial charge in [-0.2, -0.15) is 0 Å². The van der Waals surface area contributed by atoms with Crippen molar-refractivity contribution < 1.29 is 5.11 Å². The van der Waals surface area contributed by atoms with Crippen LogP contribution < -0.4 is 0 Å². The predicted octanol–water partition coefficient (Wildman–Crippen LogP) is 4.07. The van der Waals surface area contributed by atoms with Gasteiger partial charge in [0, 0.05) is 19.3 Å². The maximum atomic E-state index is 10.8. The molecular formula is C16H14Cl2O. The number of hydrogen-bond acceptors (Lipinski definition) is 1. The number of aliphatic hydroxyl groups is 1. The van der Waals surface area contributed by atoms with Crippen LogP contribution in [0, 0.1) is 0 Å². The molecule has 0 unspecified atom stereocenters. The second-order valence-corrected chi connectivity index (χ2v) is 6.09. The summed E-state index contributed by atoms with van der Waals surface area (Å²) < 4.78 is 0. The van der Waals surface area contributed by atoms with Crippen molar-refractivity contribution in [3.63, 3.8) is 0 Å². The van der Waals surface area contributed by atoms with Crippen LogP contribution in [0.4, 0.5) is 0 Å². The van der Waals surface area contributed by atoms with Crippen LogP contribution in [0.5, 0.6) is 0 Å². The average molecular weight is 293 g/mol. The molecule has 98 valence electrons. The van der Waals surface area contributed by atoms with Crippen LogP contribution in [-0.4, -0.2) is 10.7 Å². The van der Waals surface area contributed by atoms with E-state index < -0.39 is 5.60 Å². The fourth-order valence-corrected chi connectivity index (χ4v) is 3.15. The Balaban J connectivity index is 1.83. The van der Waals surface area contributed by atoms with Gasteiger partial charge in [-0.3, -0.25) is 0 Å². The smallest absolute Gasteiger partial charge is 0.0768 e. The van der Waals surface area contributed by atoms with E-state index in [1.54, 1.807) is 6.07 Å². The Morgan fingerprint density at radius 3 is 2.16 bits per heavy atom. The molecule has 0 fully saturated rings. The van der Waals surface area contributed by atoms with Gasteiger partial charge in [-0.05, 0) is 28.8 Å². The highest BCUT2D eigenvalue weighted by Gasteiger charge is 2.34. The van der Waals surface area contributed by atoms with Gasteiger partial charge in [0.1, 0.15) is 0 Å². The molecule has 0 aliphatic heterocycles. The van der Waals surface area contributed by atoms with E-state index in [2.05, 4.69) is 12.1 Å². The summed E-state index contributed by atoms with van der Waals surface area (Å²) in [7, 11) is 0. The molecular weight excluding hydrogens is 279 g/mol. The highest BCUT2D eigenvalue weighted by atomic mass is 35.5. The molecule has 0 saturated carbocycles. The fraction of sp³-hybridized carbons (Fsp3) is 0.250. The summed E-state index contributed by atoms with van der Waals surface area (Å²) in [6.07, 6.45) is 1.99. The molecule has 0 aromatic heterocycles. The Kier molecular flexibility index (Phi) is 3.30. The minimum atomic E-state index is -0.707. The molecule has 0 bridgehead atoms. The van der Waals surface area contributed by atoms with E-state index in [-0.39, 0.29) is 0 Å². The summed E-state index contributed by atoms with van der Waals surface area (Å²) in [6, 6.07) is 13.8. The molecule has 0 atom stereocenters. The lowest BCUT2D eigenvalue weighted by atomic mass is 9.92. The van der Waals surface area contributed by atoms with Gasteiger partial charge in [0.25, 0.3) is 0 Å². The lowest BCUT2D eigenvalue weighted by molar-refractivity contribution is 0.0518. The van der Waals surface area contributed by atoms with Crippen LogP contribution in [0.3, 0.4) is 0 Å². The third-order valence-electron chi connectivity index (χ3n) is 3.67. The van der Waals surface area contributed by atoms with Gasteiger partial charge in [-0.15, -0.1) is 0 Å². The molecule has 0 heterocycles. The maximum Gasteiger partial charge on any atom is 0.0768 e. The molecule has 2 aromatic rings. The summed E-state index contributed by atoms with van der Waals surface area (Å²) >= 11 is 11.9. The maximum absolute atomic E-state index is 10.8. The van der Waals surface area contributed by atoms with Gasteiger partial charge in [0.05, 0.1) is 15.6 Å². The largest absolute Gasteiger partial charge is 0.389 e. The van der Waals surface area contributed by atoms with Gasteiger partial charge in [0.2, 0.25) is 0 Å². The van der Waals surface area contributed by atoms with E-state index in [9.17, 15) is 5.11 Å². The zero-order valence-electron chi connectivity index (χ0n) is 10.4. The Morgan fingerprint density at radius 2 is 1.58 bits per heavy atom. The first kappa shape index (κ1) is 13.0. The van der Waals surface area contributed by atoms with E-state index in [1.165, 1.54) is 11.1 Å². The van der Waals surface area contributed by atoms with Crippen molar-refractivity contribution in [3.8, 4) is 0 Å². The van der Waals surface area contributed by atoms with Crippen molar-refractivity contribution >= 4 is 23.2 Å². The lowest BCUT2D eigenvalue weighted by Crippen LogP contribution is -2.32. The second-order valence-electron chi connectivity index (χ2n) is 5.27. The topological polar surface area (TPSA) is 20.2 Å². The third-order valence-corrected chi connectivity index (χ3v) is 4.41. The molecule has 1 aliphatic carbocycles. The number of hydrogen-bond donors (Lipinski definition) is 1. The van der Waals surface area contributed by atoms with Gasteiger partial charge < -0.3 is 5.11 Å². The molecule has 0 spiro atoms. The Hall–Kier alpha value is -1.02. The van der Waals surface area contributed by atoms with Crippen molar-refractivity contribution in [3.05, 3.63) is 69.2 Å². The standard InChI is InChI=1S/C16H14Cl2O/c17-14-6-5-11(7-15(14)18)8-16(19)9-12-3-1-2-4-13(12)10-16/h1-7,19H,8-10H2. The van der Waals surface area contributed by atoms with E-state index >= 15 is 0 Å². The molecule has 3 heteroatoms. The first-order valence-corrected chi connectivity index (χ1v) is 7.04. The molecule has 3 rings (SSSR count). The molecule has 19 heavy (non-hydrogen) atoms. The van der Waals surface area contributed by atoms with Gasteiger partial charge >= 0.3 is 0 Å². The zero-order valence-corrected chi connectivity index (χ0v) is 11.9. The number of halogens is 2. The van der Waals surface area contributed by atoms with E-state index in [4.69, 9.17) is 23.2 Å². The first-order chi connectivity index (χ1) is 9.06. The van der Waals surface area contributed by atoms with Gasteiger partial charge in [0.15, 0.2) is 0 Å². The Labute approximate surface area is 122 Å². The van der Waals surface area contributed by atoms with E-state index in [0.29, 0.717) is 29.3 Å². The van der Waals surface area contributed by atoms with Crippen molar-refractivity contribution in [1.82, 2.24) is 0 Å². The quantitative estimate of drug-likeness (QED) is 0.885. The molecule has 2 aromatic carbocycles. The summed E-state index contributed by atoms with van der Waals surface area (Å²) in [5.41, 5.74) is 2.79. The number of rotatable bonds is 2. The lowest BCUT2D eigenvalue weighted by Gasteiger charge is -2.22. The van der Waals surface area contributed by atoms with E-state index in [0.717, 1.165) is 5.56 Å². The van der Waals surface area contributed by atoms with Crippen LogP contribution in [0.25, 0.3) is 0 Å². The highest BCUT2D eigenvalue weighted by molar-refractivity contribution is 6.42. The normalized spacial score (nSPS) is 16.4. The molecule has 1 nitrogen and oxygen atoms in total. The minimum absolute atomic E-state index is 0.540. The predicted molar refractivity (Wildman–Crippen MR) is 79.0 cm³/mol. The van der Waals surface area contributed by atoms with Crippen molar-refractivity contribution in [2.45, 2.75) is 24.9 Å². The Morgan fingerprint density at radius 1 is 0.947 bits per heavy atom. The second kappa shape index (κ2) is 4.82. The van der Waals surface area contributed by atoms with Gasteiger partial charge in [-0.25, -0.2) is 0 Å². The zero-order chi connectivity index (χ0) is 13.5. The van der Waals surface area contributed by atoms with E-state index in [1.807, 2.05) is 24.3 Å². The van der Waals surface area contributed by atoms with Crippen LogP contribution in [0.2, 0.25) is 10.0 Å². The van der Waals surface area contributed by atoms with Crippen LogP contribution in [-0.2, 0) is 19.3 Å². The van der Waals surface area contributed by atoms with Crippen LogP contribution in [0.15, 0.2) is 42.5 Å². The minimum Gasteiger partial charge on any atom is -0.389 e. The van der Waals surface area contributed by atoms with Crippen molar-refractivity contribution in [2.75, 3.05) is 0 Å². The molecule has 0 amide bonds. The molecule has 0 saturated heterocycles. The monoisotopic (exact) mass is 292 g/mol. The average Bonchev–Trinajstić information content (AvgIpc) is 2.69. The summed E-state index contributed by atoms with van der Waals surface area (Å²) in [4.78, 5) is 0. The summed E-state index contributed by atoms with van der Waals surface area (Å²) in [5, 5.41) is 11.8. The van der Waals surface area contributed by atoms with Gasteiger partial charge in [-0.1, -0.05) is 53.5 Å². The highest BCUT2D eigenvalue weighted by Crippen LogP contribution is 2.33. The molecule has 1 aliphatic rings. The summed E-state index contributed by atoms with van der Waals surface area (Å²) in [6.45, 7) is 0. The van der Waals surface area contributed by atoms with Crippen LogP contribution >= 0.6 is 23.2 Å². The first-order valence-electron chi connectivity index (χ1n) is 6.29. The summed E-state index contributed by atoms with van der Waals surface area (Å²) in [5.74, 6) is 0. The molecule has 1 N–H and O–H groups in total. The number of benzene rings is 2. The third kappa shape index (κ3) is 2.64. The van der Waals surface area contributed by atoms with Crippen molar-refractivity contribution in [2.24, 2.45) is 0 Å². The fourth-order valence-electron chi connectivity index (χ4n) is 2.83. The SMILES string of the molecule is OC1(Cc2ccc(Cl)c(Cl)c2)Cc2ccccc2C1. The molecule has 0 radical (unpaired) electrons. The Bertz CT molecular complexity index is 597.